The van der Waals surface area contributed by atoms with Crippen LogP contribution in [0.3, 0.4) is 0 Å². The molecule has 164 valence electrons. The minimum Gasteiger partial charge on any atom is -0.497 e. The molecule has 0 radical (unpaired) electrons. The Hall–Kier alpha value is -2.32. The quantitative estimate of drug-likeness (QED) is 0.537. The van der Waals surface area contributed by atoms with Gasteiger partial charge in [0.1, 0.15) is 11.5 Å². The lowest BCUT2D eigenvalue weighted by atomic mass is 10.1. The van der Waals surface area contributed by atoms with Crippen molar-refractivity contribution in [1.82, 2.24) is 20.1 Å². The number of rotatable bonds is 7. The van der Waals surface area contributed by atoms with Gasteiger partial charge in [-0.3, -0.25) is 9.89 Å². The van der Waals surface area contributed by atoms with Crippen LogP contribution in [0.4, 0.5) is 0 Å². The number of ether oxygens (including phenoxy) is 2. The van der Waals surface area contributed by atoms with Crippen LogP contribution in [0.25, 0.3) is 0 Å². The van der Waals surface area contributed by atoms with Crippen molar-refractivity contribution < 1.29 is 9.47 Å². The fourth-order valence-corrected chi connectivity index (χ4v) is 4.37. The van der Waals surface area contributed by atoms with Crippen molar-refractivity contribution >= 4 is 17.3 Å². The van der Waals surface area contributed by atoms with Gasteiger partial charge in [0, 0.05) is 56.6 Å². The first-order valence-corrected chi connectivity index (χ1v) is 11.2. The van der Waals surface area contributed by atoms with E-state index in [1.54, 1.807) is 25.6 Å². The van der Waals surface area contributed by atoms with Crippen LogP contribution in [0.2, 0.25) is 0 Å². The van der Waals surface area contributed by atoms with Crippen LogP contribution in [-0.2, 0) is 13.1 Å². The Bertz CT molecular complexity index is 844. The Morgan fingerprint density at radius 2 is 1.97 bits per heavy atom. The molecule has 1 aromatic carbocycles. The van der Waals surface area contributed by atoms with Crippen LogP contribution in [0.1, 0.15) is 36.0 Å². The molecule has 8 heteroatoms. The summed E-state index contributed by atoms with van der Waals surface area (Å²) in [5.74, 6) is 3.17. The van der Waals surface area contributed by atoms with Gasteiger partial charge in [0.2, 0.25) is 0 Å². The largest absolute Gasteiger partial charge is 0.497 e. The lowest BCUT2D eigenvalue weighted by Gasteiger charge is -2.36. The van der Waals surface area contributed by atoms with Gasteiger partial charge in [-0.2, -0.15) is 0 Å². The molecule has 0 amide bonds. The van der Waals surface area contributed by atoms with E-state index >= 15 is 0 Å². The van der Waals surface area contributed by atoms with Crippen molar-refractivity contribution in [2.75, 3.05) is 47.4 Å². The maximum absolute atomic E-state index is 5.53. The third-order valence-electron chi connectivity index (χ3n) is 5.26. The van der Waals surface area contributed by atoms with Crippen LogP contribution in [0.15, 0.2) is 28.6 Å². The fourth-order valence-electron chi connectivity index (χ4n) is 3.54. The maximum Gasteiger partial charge on any atom is 0.194 e. The first-order chi connectivity index (χ1) is 14.5. The zero-order valence-electron chi connectivity index (χ0n) is 18.6. The highest BCUT2D eigenvalue weighted by Gasteiger charge is 2.21. The van der Waals surface area contributed by atoms with Crippen molar-refractivity contribution in [1.29, 1.82) is 0 Å². The molecule has 0 saturated carbocycles. The van der Waals surface area contributed by atoms with E-state index in [0.717, 1.165) is 61.4 Å². The molecule has 0 aliphatic carbocycles. The van der Waals surface area contributed by atoms with Gasteiger partial charge >= 0.3 is 0 Å². The van der Waals surface area contributed by atoms with Gasteiger partial charge in [-0.1, -0.05) is 13.8 Å². The summed E-state index contributed by atoms with van der Waals surface area (Å²) < 4.78 is 10.9. The summed E-state index contributed by atoms with van der Waals surface area (Å²) in [6.07, 6.45) is 0. The van der Waals surface area contributed by atoms with E-state index in [1.807, 2.05) is 19.2 Å². The van der Waals surface area contributed by atoms with Gasteiger partial charge in [0.15, 0.2) is 5.96 Å². The van der Waals surface area contributed by atoms with E-state index < -0.39 is 0 Å². The molecule has 0 unspecified atom stereocenters. The average Bonchev–Trinajstić information content (AvgIpc) is 3.24. The van der Waals surface area contributed by atoms with Crippen LogP contribution >= 0.6 is 11.3 Å². The van der Waals surface area contributed by atoms with E-state index in [0.29, 0.717) is 12.5 Å². The Morgan fingerprint density at radius 3 is 2.57 bits per heavy atom. The molecular formula is C22H33N5O2S. The first kappa shape index (κ1) is 22.4. The predicted octanol–water partition coefficient (Wildman–Crippen LogP) is 3.18. The zero-order valence-corrected chi connectivity index (χ0v) is 19.5. The summed E-state index contributed by atoms with van der Waals surface area (Å²) in [6.45, 7) is 9.70. The van der Waals surface area contributed by atoms with Crippen molar-refractivity contribution in [3.05, 3.63) is 39.8 Å². The summed E-state index contributed by atoms with van der Waals surface area (Å²) in [4.78, 5) is 13.9. The molecule has 1 fully saturated rings. The highest BCUT2D eigenvalue weighted by Crippen LogP contribution is 2.25. The molecule has 1 aliphatic heterocycles. The minimum absolute atomic E-state index is 0.472. The fraction of sp³-hybridized carbons (Fsp3) is 0.545. The number of piperazine rings is 1. The number of hydrogen-bond donors (Lipinski definition) is 1. The second-order valence-corrected chi connectivity index (χ2v) is 8.56. The number of benzene rings is 1. The number of aromatic nitrogens is 1. The second kappa shape index (κ2) is 10.6. The first-order valence-electron chi connectivity index (χ1n) is 10.4. The summed E-state index contributed by atoms with van der Waals surface area (Å²) >= 11 is 1.73. The Kier molecular flexibility index (Phi) is 7.93. The van der Waals surface area contributed by atoms with Crippen LogP contribution < -0.4 is 14.8 Å². The number of aliphatic imine (C=N–C) groups is 1. The monoisotopic (exact) mass is 431 g/mol. The molecule has 0 atom stereocenters. The van der Waals surface area contributed by atoms with Crippen molar-refractivity contribution in [2.24, 2.45) is 4.99 Å². The molecule has 1 aromatic heterocycles. The predicted molar refractivity (Wildman–Crippen MR) is 123 cm³/mol. The molecule has 0 spiro atoms. The van der Waals surface area contributed by atoms with Crippen molar-refractivity contribution in [3.8, 4) is 11.5 Å². The van der Waals surface area contributed by atoms with Crippen LogP contribution in [0.5, 0.6) is 11.5 Å². The standard InChI is InChI=1S/C22H33N5O2S/c1-16(2)21-25-18(15-30-21)13-24-22(23-3)27-10-8-26(9-11-27)14-17-12-19(28-4)6-7-20(17)29-5/h6-7,12,15-16H,8-11,13-14H2,1-5H3,(H,23,24). The number of nitrogens with zero attached hydrogens (tertiary/aromatic N) is 4. The Balaban J connectivity index is 1.52. The lowest BCUT2D eigenvalue weighted by molar-refractivity contribution is 0.171. The SMILES string of the molecule is CN=C(NCc1csc(C(C)C)n1)N1CCN(Cc2cc(OC)ccc2OC)CC1. The third kappa shape index (κ3) is 5.64. The van der Waals surface area contributed by atoms with E-state index in [-0.39, 0.29) is 0 Å². The molecule has 2 heterocycles. The van der Waals surface area contributed by atoms with Crippen LogP contribution in [0, 0.1) is 0 Å². The van der Waals surface area contributed by atoms with Crippen molar-refractivity contribution in [3.63, 3.8) is 0 Å². The summed E-state index contributed by atoms with van der Waals surface area (Å²) in [6, 6.07) is 5.96. The molecule has 1 N–H and O–H groups in total. The highest BCUT2D eigenvalue weighted by atomic mass is 32.1. The van der Waals surface area contributed by atoms with Gasteiger partial charge in [0.25, 0.3) is 0 Å². The van der Waals surface area contributed by atoms with Gasteiger partial charge in [-0.25, -0.2) is 4.98 Å². The lowest BCUT2D eigenvalue weighted by Crippen LogP contribution is -2.52. The molecule has 3 rings (SSSR count). The minimum atomic E-state index is 0.472. The number of thiazole rings is 1. The highest BCUT2D eigenvalue weighted by molar-refractivity contribution is 7.09. The van der Waals surface area contributed by atoms with Crippen molar-refractivity contribution in [2.45, 2.75) is 32.9 Å². The Morgan fingerprint density at radius 1 is 1.20 bits per heavy atom. The van der Waals surface area contributed by atoms with E-state index in [4.69, 9.17) is 14.5 Å². The van der Waals surface area contributed by atoms with Gasteiger partial charge in [0.05, 0.1) is 31.5 Å². The molecule has 0 bridgehead atoms. The van der Waals surface area contributed by atoms with E-state index in [9.17, 15) is 0 Å². The van der Waals surface area contributed by atoms with Gasteiger partial charge in [-0.15, -0.1) is 11.3 Å². The van der Waals surface area contributed by atoms with Crippen LogP contribution in [-0.4, -0.2) is 68.2 Å². The molecule has 30 heavy (non-hydrogen) atoms. The molecule has 1 saturated heterocycles. The zero-order chi connectivity index (χ0) is 21.5. The summed E-state index contributed by atoms with van der Waals surface area (Å²) in [5, 5.41) is 6.79. The normalized spacial score (nSPS) is 15.5. The summed E-state index contributed by atoms with van der Waals surface area (Å²) in [7, 11) is 5.25. The maximum atomic E-state index is 5.53. The molecule has 1 aliphatic rings. The smallest absolute Gasteiger partial charge is 0.194 e. The number of hydrogen-bond acceptors (Lipinski definition) is 6. The van der Waals surface area contributed by atoms with Gasteiger partial charge in [-0.05, 0) is 18.2 Å². The van der Waals surface area contributed by atoms with E-state index in [2.05, 4.69) is 45.4 Å². The molecule has 7 nitrogen and oxygen atoms in total. The summed E-state index contributed by atoms with van der Waals surface area (Å²) in [5.41, 5.74) is 2.23. The Labute approximate surface area is 183 Å². The average molecular weight is 432 g/mol. The molecular weight excluding hydrogens is 398 g/mol. The number of methoxy groups -OCH3 is 2. The number of nitrogens with one attached hydrogen (secondary N) is 1. The topological polar surface area (TPSA) is 62.2 Å². The molecule has 2 aromatic rings. The number of guanidine groups is 1. The van der Waals surface area contributed by atoms with E-state index in [1.165, 1.54) is 5.01 Å². The van der Waals surface area contributed by atoms with Gasteiger partial charge < -0.3 is 19.7 Å². The second-order valence-electron chi connectivity index (χ2n) is 7.67. The third-order valence-corrected chi connectivity index (χ3v) is 6.45.